The van der Waals surface area contributed by atoms with E-state index in [4.69, 9.17) is 0 Å². The van der Waals surface area contributed by atoms with Crippen molar-refractivity contribution < 1.29 is 0 Å². The summed E-state index contributed by atoms with van der Waals surface area (Å²) in [4.78, 5) is 2.59. The number of nitrogens with zero attached hydrogens (tertiary/aromatic N) is 1. The highest BCUT2D eigenvalue weighted by Gasteiger charge is 2.00. The Morgan fingerprint density at radius 1 is 0.250 bits per heavy atom. The molecule has 0 radical (unpaired) electrons. The average Bonchev–Trinajstić information content (AvgIpc) is 2.94. The maximum atomic E-state index is 2.59. The van der Waals surface area contributed by atoms with Crippen LogP contribution in [0.25, 0.3) is 0 Å². The van der Waals surface area contributed by atoms with Gasteiger partial charge in [-0.2, -0.15) is 0 Å². The van der Waals surface area contributed by atoms with Gasteiger partial charge in [0.05, 0.1) is 0 Å². The van der Waals surface area contributed by atoms with Gasteiger partial charge in [0.2, 0.25) is 0 Å². The number of rotatable bonds is 35. The van der Waals surface area contributed by atoms with Crippen LogP contribution in [-0.2, 0) is 0 Å². The molecule has 2 heteroatoms. The summed E-state index contributed by atoms with van der Waals surface area (Å²) in [6, 6.07) is 0. The zero-order valence-electron chi connectivity index (χ0n) is 28.6. The zero-order chi connectivity index (χ0) is 28.3. The van der Waals surface area contributed by atoms with E-state index in [2.05, 4.69) is 25.8 Å². The lowest BCUT2D eigenvalue weighted by Gasteiger charge is -2.16. The smallest absolute Gasteiger partial charge is 0.00218 e. The van der Waals surface area contributed by atoms with Gasteiger partial charge in [-0.05, 0) is 33.0 Å². The molecule has 244 valence electrons. The molecule has 40 heavy (non-hydrogen) atoms. The normalized spacial score (nSPS) is 11.4. The Balaban J connectivity index is 0. The second-order valence-electron chi connectivity index (χ2n) is 13.3. The molecule has 0 rings (SSSR count). The SMILES string of the molecule is CCCCCCCCCCCCCCCCCCCN(C)CCCCCCCCCCCCCCCCCC.Cl. The first-order valence-corrected chi connectivity index (χ1v) is 19.0. The van der Waals surface area contributed by atoms with E-state index < -0.39 is 0 Å². The van der Waals surface area contributed by atoms with Gasteiger partial charge in [0, 0.05) is 0 Å². The van der Waals surface area contributed by atoms with E-state index in [1.54, 1.807) is 0 Å². The molecule has 0 amide bonds. The fourth-order valence-corrected chi connectivity index (χ4v) is 6.15. The van der Waals surface area contributed by atoms with Gasteiger partial charge in [0.25, 0.3) is 0 Å². The largest absolute Gasteiger partial charge is 0.306 e. The minimum absolute atomic E-state index is 0. The molecule has 0 N–H and O–H groups in total. The summed E-state index contributed by atoms with van der Waals surface area (Å²) in [7, 11) is 2.34. The highest BCUT2D eigenvalue weighted by molar-refractivity contribution is 5.85. The number of halogens is 1. The van der Waals surface area contributed by atoms with Crippen LogP contribution < -0.4 is 0 Å². The first-order chi connectivity index (χ1) is 19.3. The van der Waals surface area contributed by atoms with Gasteiger partial charge in [-0.1, -0.05) is 213 Å². The van der Waals surface area contributed by atoms with Crippen molar-refractivity contribution in [2.24, 2.45) is 0 Å². The molecule has 0 fully saturated rings. The van der Waals surface area contributed by atoms with Crippen LogP contribution in [0.3, 0.4) is 0 Å². The molecular formula is C38H80ClN. The molecule has 0 saturated heterocycles. The van der Waals surface area contributed by atoms with Gasteiger partial charge >= 0.3 is 0 Å². The van der Waals surface area contributed by atoms with Crippen molar-refractivity contribution in [1.82, 2.24) is 4.90 Å². The molecule has 0 spiro atoms. The first kappa shape index (κ1) is 42.4. The first-order valence-electron chi connectivity index (χ1n) is 19.0. The molecule has 0 saturated carbocycles. The van der Waals surface area contributed by atoms with Gasteiger partial charge < -0.3 is 4.90 Å². The fraction of sp³-hybridized carbons (Fsp3) is 1.00. The molecule has 0 atom stereocenters. The van der Waals surface area contributed by atoms with Crippen molar-refractivity contribution in [3.8, 4) is 0 Å². The Hall–Kier alpha value is 0.250. The minimum Gasteiger partial charge on any atom is -0.306 e. The highest BCUT2D eigenvalue weighted by Crippen LogP contribution is 2.15. The second-order valence-corrected chi connectivity index (χ2v) is 13.3. The standard InChI is InChI=1S/C38H79N.ClH/c1-4-6-8-10-12-14-16-18-20-22-24-26-28-30-32-34-36-38-39(3)37-35-33-31-29-27-25-23-21-19-17-15-13-11-9-7-5-2;/h4-38H2,1-3H3;1H. The molecule has 1 nitrogen and oxygen atoms in total. The molecule has 0 aliphatic carbocycles. The van der Waals surface area contributed by atoms with Crippen LogP contribution in [0.5, 0.6) is 0 Å². The van der Waals surface area contributed by atoms with E-state index in [9.17, 15) is 0 Å². The Kier molecular flexibility index (Phi) is 41.6. The van der Waals surface area contributed by atoms with Crippen LogP contribution in [0.15, 0.2) is 0 Å². The Labute approximate surface area is 262 Å². The van der Waals surface area contributed by atoms with Gasteiger partial charge in [0.15, 0.2) is 0 Å². The predicted molar refractivity (Wildman–Crippen MR) is 188 cm³/mol. The molecule has 0 unspecified atom stereocenters. The zero-order valence-corrected chi connectivity index (χ0v) is 29.4. The number of hydrogen-bond donors (Lipinski definition) is 0. The highest BCUT2D eigenvalue weighted by atomic mass is 35.5. The summed E-state index contributed by atoms with van der Waals surface area (Å²) in [6.45, 7) is 7.25. The van der Waals surface area contributed by atoms with Crippen LogP contribution in [0.4, 0.5) is 0 Å². The van der Waals surface area contributed by atoms with E-state index in [1.165, 1.54) is 225 Å². The minimum atomic E-state index is 0. The summed E-state index contributed by atoms with van der Waals surface area (Å²) in [5.74, 6) is 0. The third-order valence-corrected chi connectivity index (χ3v) is 9.04. The molecular weight excluding hydrogens is 506 g/mol. The van der Waals surface area contributed by atoms with Crippen molar-refractivity contribution in [2.75, 3.05) is 20.1 Å². The monoisotopic (exact) mass is 586 g/mol. The van der Waals surface area contributed by atoms with Crippen molar-refractivity contribution in [2.45, 2.75) is 226 Å². The van der Waals surface area contributed by atoms with E-state index >= 15 is 0 Å². The number of unbranched alkanes of at least 4 members (excludes halogenated alkanes) is 31. The Morgan fingerprint density at radius 3 is 0.575 bits per heavy atom. The summed E-state index contributed by atoms with van der Waals surface area (Å²) in [5.41, 5.74) is 0. The lowest BCUT2D eigenvalue weighted by atomic mass is 10.0. The van der Waals surface area contributed by atoms with E-state index in [0.29, 0.717) is 0 Å². The van der Waals surface area contributed by atoms with Crippen LogP contribution >= 0.6 is 12.4 Å². The average molecular weight is 587 g/mol. The summed E-state index contributed by atoms with van der Waals surface area (Å²) < 4.78 is 0. The molecule has 0 heterocycles. The van der Waals surface area contributed by atoms with Crippen molar-refractivity contribution in [3.63, 3.8) is 0 Å². The molecule has 0 aliphatic rings. The van der Waals surface area contributed by atoms with Crippen LogP contribution in [0, 0.1) is 0 Å². The lowest BCUT2D eigenvalue weighted by molar-refractivity contribution is 0.314. The maximum absolute atomic E-state index is 2.59. The van der Waals surface area contributed by atoms with Gasteiger partial charge in [0.1, 0.15) is 0 Å². The molecule has 0 bridgehead atoms. The topological polar surface area (TPSA) is 3.24 Å². The number of hydrogen-bond acceptors (Lipinski definition) is 1. The maximum Gasteiger partial charge on any atom is -0.00218 e. The van der Waals surface area contributed by atoms with Gasteiger partial charge in [-0.25, -0.2) is 0 Å². The quantitative estimate of drug-likeness (QED) is 0.0668. The lowest BCUT2D eigenvalue weighted by Crippen LogP contribution is -2.20. The van der Waals surface area contributed by atoms with Crippen molar-refractivity contribution in [1.29, 1.82) is 0 Å². The van der Waals surface area contributed by atoms with Gasteiger partial charge in [-0.15, -0.1) is 12.4 Å². The summed E-state index contributed by atoms with van der Waals surface area (Å²) in [5, 5.41) is 0. The molecule has 0 aromatic rings. The van der Waals surface area contributed by atoms with E-state index in [-0.39, 0.29) is 12.4 Å². The molecule has 0 aromatic carbocycles. The van der Waals surface area contributed by atoms with Crippen LogP contribution in [0.1, 0.15) is 226 Å². The predicted octanol–water partition coefficient (Wildman–Crippen LogP) is 14.3. The third-order valence-electron chi connectivity index (χ3n) is 9.04. The van der Waals surface area contributed by atoms with E-state index in [0.717, 1.165) is 0 Å². The summed E-state index contributed by atoms with van der Waals surface area (Å²) >= 11 is 0. The van der Waals surface area contributed by atoms with Crippen molar-refractivity contribution >= 4 is 12.4 Å². The Morgan fingerprint density at radius 2 is 0.400 bits per heavy atom. The second kappa shape index (κ2) is 39.2. The third kappa shape index (κ3) is 38.2. The fourth-order valence-electron chi connectivity index (χ4n) is 6.15. The molecule has 0 aliphatic heterocycles. The van der Waals surface area contributed by atoms with Gasteiger partial charge in [-0.3, -0.25) is 0 Å². The van der Waals surface area contributed by atoms with Crippen molar-refractivity contribution in [3.05, 3.63) is 0 Å². The van der Waals surface area contributed by atoms with Crippen LogP contribution in [-0.4, -0.2) is 25.0 Å². The molecule has 0 aromatic heterocycles. The Bertz CT molecular complexity index is 412. The van der Waals surface area contributed by atoms with E-state index in [1.807, 2.05) is 0 Å². The van der Waals surface area contributed by atoms with Crippen LogP contribution in [0.2, 0.25) is 0 Å². The summed E-state index contributed by atoms with van der Waals surface area (Å²) in [6.07, 6.45) is 48.3.